The number of rotatable bonds is 3. The third-order valence-electron chi connectivity index (χ3n) is 3.96. The van der Waals surface area contributed by atoms with E-state index in [9.17, 15) is 13.2 Å². The Morgan fingerprint density at radius 3 is 2.67 bits per heavy atom. The molecule has 0 bridgehead atoms. The summed E-state index contributed by atoms with van der Waals surface area (Å²) in [5.41, 5.74) is 4.77. The SMILES string of the molecule is N[C@@H]1CC[C@@H](c2cnn(C3(OC(F)(F)F)CCC3)n2)OC1. The van der Waals surface area contributed by atoms with Crippen LogP contribution in [0.2, 0.25) is 0 Å². The van der Waals surface area contributed by atoms with Crippen molar-refractivity contribution < 1.29 is 22.6 Å². The Morgan fingerprint density at radius 2 is 2.14 bits per heavy atom. The Labute approximate surface area is 119 Å². The lowest BCUT2D eigenvalue weighted by Gasteiger charge is -2.40. The van der Waals surface area contributed by atoms with Gasteiger partial charge in [-0.15, -0.1) is 13.2 Å². The zero-order chi connectivity index (χ0) is 15.1. The van der Waals surface area contributed by atoms with Gasteiger partial charge in [-0.1, -0.05) is 0 Å². The number of nitrogens with two attached hydrogens (primary N) is 1. The second kappa shape index (κ2) is 5.22. The van der Waals surface area contributed by atoms with E-state index >= 15 is 0 Å². The molecule has 0 unspecified atom stereocenters. The Bertz CT molecular complexity index is 493. The molecule has 118 valence electrons. The van der Waals surface area contributed by atoms with Crippen LogP contribution in [-0.4, -0.2) is 34.0 Å². The monoisotopic (exact) mass is 306 g/mol. The second-order valence-corrected chi connectivity index (χ2v) is 5.57. The first kappa shape index (κ1) is 14.7. The molecule has 3 rings (SSSR count). The number of hydrogen-bond donors (Lipinski definition) is 1. The van der Waals surface area contributed by atoms with Crippen molar-refractivity contribution in [2.24, 2.45) is 5.73 Å². The molecule has 1 aromatic rings. The van der Waals surface area contributed by atoms with E-state index in [1.165, 1.54) is 6.20 Å². The van der Waals surface area contributed by atoms with Crippen LogP contribution in [0.25, 0.3) is 0 Å². The Kier molecular flexibility index (Phi) is 3.66. The van der Waals surface area contributed by atoms with Crippen LogP contribution in [0.3, 0.4) is 0 Å². The molecule has 0 amide bonds. The lowest BCUT2D eigenvalue weighted by atomic mass is 9.88. The van der Waals surface area contributed by atoms with Crippen molar-refractivity contribution in [2.45, 2.75) is 56.3 Å². The van der Waals surface area contributed by atoms with Crippen LogP contribution in [0.4, 0.5) is 13.2 Å². The van der Waals surface area contributed by atoms with Crippen LogP contribution in [0.15, 0.2) is 6.20 Å². The summed E-state index contributed by atoms with van der Waals surface area (Å²) in [6.07, 6.45) is -0.893. The predicted molar refractivity (Wildman–Crippen MR) is 64.9 cm³/mol. The van der Waals surface area contributed by atoms with E-state index in [2.05, 4.69) is 14.9 Å². The molecule has 2 heterocycles. The van der Waals surface area contributed by atoms with Gasteiger partial charge in [0, 0.05) is 6.04 Å². The normalized spacial score (nSPS) is 29.1. The van der Waals surface area contributed by atoms with E-state index in [1.54, 1.807) is 0 Å². The van der Waals surface area contributed by atoms with Crippen molar-refractivity contribution in [3.05, 3.63) is 11.9 Å². The highest BCUT2D eigenvalue weighted by molar-refractivity contribution is 5.00. The molecule has 2 fully saturated rings. The maximum atomic E-state index is 12.5. The van der Waals surface area contributed by atoms with Crippen LogP contribution in [0.1, 0.15) is 43.9 Å². The fourth-order valence-corrected chi connectivity index (χ4v) is 2.66. The minimum Gasteiger partial charge on any atom is -0.370 e. The van der Waals surface area contributed by atoms with Crippen molar-refractivity contribution in [2.75, 3.05) is 6.61 Å². The molecule has 9 heteroatoms. The Balaban J connectivity index is 1.74. The molecule has 1 saturated carbocycles. The van der Waals surface area contributed by atoms with Crippen LogP contribution in [-0.2, 0) is 15.2 Å². The maximum Gasteiger partial charge on any atom is 0.524 e. The number of nitrogens with zero attached hydrogens (tertiary/aromatic N) is 3. The molecular formula is C12H17F3N4O2. The van der Waals surface area contributed by atoms with Gasteiger partial charge in [0.25, 0.3) is 0 Å². The summed E-state index contributed by atoms with van der Waals surface area (Å²) in [5, 5.41) is 8.11. The molecule has 2 atom stereocenters. The molecule has 1 saturated heterocycles. The summed E-state index contributed by atoms with van der Waals surface area (Å²) < 4.78 is 47.4. The number of ether oxygens (including phenoxy) is 2. The summed E-state index contributed by atoms with van der Waals surface area (Å²) in [6.45, 7) is 0.418. The first-order valence-corrected chi connectivity index (χ1v) is 6.95. The summed E-state index contributed by atoms with van der Waals surface area (Å²) >= 11 is 0. The quantitative estimate of drug-likeness (QED) is 0.922. The maximum absolute atomic E-state index is 12.5. The molecule has 6 nitrogen and oxygen atoms in total. The van der Waals surface area contributed by atoms with Gasteiger partial charge in [0.15, 0.2) is 5.72 Å². The third kappa shape index (κ3) is 3.04. The molecule has 0 spiro atoms. The van der Waals surface area contributed by atoms with E-state index in [0.717, 1.165) is 11.2 Å². The largest absolute Gasteiger partial charge is 0.524 e. The zero-order valence-corrected chi connectivity index (χ0v) is 11.3. The van der Waals surface area contributed by atoms with E-state index in [1.807, 2.05) is 0 Å². The van der Waals surface area contributed by atoms with Gasteiger partial charge in [-0.2, -0.15) is 15.0 Å². The molecule has 0 aromatic carbocycles. The van der Waals surface area contributed by atoms with Gasteiger partial charge >= 0.3 is 6.36 Å². The van der Waals surface area contributed by atoms with Crippen molar-refractivity contribution in [3.8, 4) is 0 Å². The molecule has 2 aliphatic rings. The van der Waals surface area contributed by atoms with E-state index < -0.39 is 12.1 Å². The van der Waals surface area contributed by atoms with Crippen LogP contribution in [0.5, 0.6) is 0 Å². The Hall–Kier alpha value is -1.19. The summed E-state index contributed by atoms with van der Waals surface area (Å²) in [5.74, 6) is 0. The summed E-state index contributed by atoms with van der Waals surface area (Å²) in [6, 6.07) is 0.00262. The van der Waals surface area contributed by atoms with Crippen LogP contribution >= 0.6 is 0 Å². The van der Waals surface area contributed by atoms with E-state index in [0.29, 0.717) is 25.1 Å². The fourth-order valence-electron chi connectivity index (χ4n) is 2.66. The van der Waals surface area contributed by atoms with Crippen molar-refractivity contribution in [3.63, 3.8) is 0 Å². The molecule has 2 N–H and O–H groups in total. The fraction of sp³-hybridized carbons (Fsp3) is 0.833. The molecule has 21 heavy (non-hydrogen) atoms. The van der Waals surface area contributed by atoms with Gasteiger partial charge in [0.2, 0.25) is 0 Å². The minimum absolute atomic E-state index is 0.00262. The van der Waals surface area contributed by atoms with Gasteiger partial charge in [-0.25, -0.2) is 0 Å². The minimum atomic E-state index is -4.71. The highest BCUT2D eigenvalue weighted by Gasteiger charge is 2.50. The van der Waals surface area contributed by atoms with Gasteiger partial charge in [0.05, 0.1) is 12.8 Å². The van der Waals surface area contributed by atoms with Crippen molar-refractivity contribution in [1.82, 2.24) is 15.0 Å². The average molecular weight is 306 g/mol. The van der Waals surface area contributed by atoms with Crippen molar-refractivity contribution in [1.29, 1.82) is 0 Å². The van der Waals surface area contributed by atoms with Crippen LogP contribution < -0.4 is 5.73 Å². The average Bonchev–Trinajstić information content (AvgIpc) is 2.83. The molecular weight excluding hydrogens is 289 g/mol. The topological polar surface area (TPSA) is 75.2 Å². The first-order chi connectivity index (χ1) is 9.88. The van der Waals surface area contributed by atoms with E-state index in [4.69, 9.17) is 10.5 Å². The van der Waals surface area contributed by atoms with Gasteiger partial charge in [-0.05, 0) is 32.1 Å². The molecule has 1 aliphatic heterocycles. The van der Waals surface area contributed by atoms with Crippen LogP contribution in [0, 0.1) is 0 Å². The number of aromatic nitrogens is 3. The first-order valence-electron chi connectivity index (χ1n) is 6.95. The van der Waals surface area contributed by atoms with Gasteiger partial charge in [-0.3, -0.25) is 4.74 Å². The Morgan fingerprint density at radius 1 is 1.38 bits per heavy atom. The van der Waals surface area contributed by atoms with Gasteiger partial charge in [0.1, 0.15) is 11.8 Å². The lowest BCUT2D eigenvalue weighted by Crippen LogP contribution is -2.48. The molecule has 1 aromatic heterocycles. The number of hydrogen-bond acceptors (Lipinski definition) is 5. The second-order valence-electron chi connectivity index (χ2n) is 5.57. The standard InChI is InChI=1S/C12H17F3N4O2/c13-12(14,15)21-11(4-1-5-11)19-17-6-9(18-19)10-3-2-8(16)7-20-10/h6,8,10H,1-5,7,16H2/t8-,10+/m1/s1. The van der Waals surface area contributed by atoms with E-state index in [-0.39, 0.29) is 25.0 Å². The highest BCUT2D eigenvalue weighted by atomic mass is 19.4. The zero-order valence-electron chi connectivity index (χ0n) is 11.3. The van der Waals surface area contributed by atoms with Gasteiger partial charge < -0.3 is 10.5 Å². The number of alkyl halides is 3. The summed E-state index contributed by atoms with van der Waals surface area (Å²) in [7, 11) is 0. The third-order valence-corrected chi connectivity index (χ3v) is 3.96. The molecule has 0 radical (unpaired) electrons. The predicted octanol–water partition coefficient (Wildman–Crippen LogP) is 1.83. The van der Waals surface area contributed by atoms with Crippen molar-refractivity contribution >= 4 is 0 Å². The highest BCUT2D eigenvalue weighted by Crippen LogP contribution is 2.43. The number of halogens is 3. The lowest BCUT2D eigenvalue weighted by molar-refractivity contribution is -0.404. The summed E-state index contributed by atoms with van der Waals surface area (Å²) in [4.78, 5) is 1.04. The smallest absolute Gasteiger partial charge is 0.370 e. The molecule has 1 aliphatic carbocycles.